The molecule has 2 N–H and O–H groups in total. The Labute approximate surface area is 121 Å². The van der Waals surface area contributed by atoms with Gasteiger partial charge in [0, 0.05) is 32.2 Å². The Hall–Kier alpha value is -1.96. The number of carbonyl (C=O) groups excluding carboxylic acids is 1. The topological polar surface area (TPSA) is 117 Å². The molecule has 0 spiro atoms. The van der Waals surface area contributed by atoms with Gasteiger partial charge in [-0.2, -0.15) is 4.98 Å². The molecule has 1 amide bonds. The van der Waals surface area contributed by atoms with Gasteiger partial charge in [0.25, 0.3) is 0 Å². The average molecular weight is 297 g/mol. The van der Waals surface area contributed by atoms with Gasteiger partial charge in [0.2, 0.25) is 11.8 Å². The van der Waals surface area contributed by atoms with Crippen molar-refractivity contribution in [1.29, 1.82) is 0 Å². The third-order valence-electron chi connectivity index (χ3n) is 3.42. The Morgan fingerprint density at radius 2 is 2.19 bits per heavy atom. The van der Waals surface area contributed by atoms with E-state index in [0.29, 0.717) is 11.7 Å². The minimum Gasteiger partial charge on any atom is -0.480 e. The van der Waals surface area contributed by atoms with Gasteiger partial charge in [0.15, 0.2) is 5.82 Å². The van der Waals surface area contributed by atoms with Crippen LogP contribution < -0.4 is 0 Å². The molecular formula is C13H19N3O5. The van der Waals surface area contributed by atoms with E-state index in [1.54, 1.807) is 0 Å². The molecular weight excluding hydrogens is 278 g/mol. The van der Waals surface area contributed by atoms with Crippen molar-refractivity contribution in [2.24, 2.45) is 0 Å². The van der Waals surface area contributed by atoms with E-state index in [4.69, 9.17) is 9.63 Å². The van der Waals surface area contributed by atoms with Crippen molar-refractivity contribution >= 4 is 11.9 Å². The van der Waals surface area contributed by atoms with E-state index in [2.05, 4.69) is 10.1 Å². The summed E-state index contributed by atoms with van der Waals surface area (Å²) in [6.45, 7) is 2.06. The number of aliphatic hydroxyl groups excluding tert-OH is 1. The molecule has 8 heteroatoms. The Morgan fingerprint density at radius 1 is 1.43 bits per heavy atom. The number of rotatable bonds is 6. The van der Waals surface area contributed by atoms with Crippen molar-refractivity contribution in [2.75, 3.05) is 6.54 Å². The van der Waals surface area contributed by atoms with Gasteiger partial charge in [-0.1, -0.05) is 12.1 Å². The van der Waals surface area contributed by atoms with Crippen molar-refractivity contribution < 1.29 is 24.3 Å². The quantitative estimate of drug-likeness (QED) is 0.759. The van der Waals surface area contributed by atoms with Crippen molar-refractivity contribution in [1.82, 2.24) is 15.0 Å². The summed E-state index contributed by atoms with van der Waals surface area (Å²) >= 11 is 0. The molecule has 0 saturated carbocycles. The number of amides is 1. The normalized spacial score (nSPS) is 21.7. The van der Waals surface area contributed by atoms with Gasteiger partial charge in [0.1, 0.15) is 6.04 Å². The van der Waals surface area contributed by atoms with Gasteiger partial charge in [-0.25, -0.2) is 4.79 Å². The number of carboxylic acid groups (broad SMARTS) is 1. The predicted octanol–water partition coefficient (Wildman–Crippen LogP) is 0.00110. The first kappa shape index (κ1) is 15.4. The van der Waals surface area contributed by atoms with Crippen molar-refractivity contribution in [3.63, 3.8) is 0 Å². The number of hydrogen-bond donors (Lipinski definition) is 2. The average Bonchev–Trinajstić information content (AvgIpc) is 3.03. The van der Waals surface area contributed by atoms with E-state index in [1.165, 1.54) is 4.90 Å². The second-order valence-electron chi connectivity index (χ2n) is 5.14. The summed E-state index contributed by atoms with van der Waals surface area (Å²) in [6, 6.07) is -0.953. The molecule has 2 atom stereocenters. The van der Waals surface area contributed by atoms with Gasteiger partial charge in [-0.15, -0.1) is 0 Å². The molecule has 0 aromatic carbocycles. The van der Waals surface area contributed by atoms with Gasteiger partial charge >= 0.3 is 5.97 Å². The van der Waals surface area contributed by atoms with Crippen molar-refractivity contribution in [3.05, 3.63) is 11.7 Å². The summed E-state index contributed by atoms with van der Waals surface area (Å²) in [4.78, 5) is 28.5. The Balaban J connectivity index is 1.90. The van der Waals surface area contributed by atoms with Crippen LogP contribution in [-0.4, -0.2) is 55.8 Å². The smallest absolute Gasteiger partial charge is 0.326 e. The molecule has 1 aliphatic heterocycles. The number of aliphatic hydroxyl groups is 1. The first-order chi connectivity index (χ1) is 10.0. The molecule has 8 nitrogen and oxygen atoms in total. The molecule has 0 bridgehead atoms. The van der Waals surface area contributed by atoms with Crippen LogP contribution in [-0.2, 0) is 22.4 Å². The monoisotopic (exact) mass is 297 g/mol. The summed E-state index contributed by atoms with van der Waals surface area (Å²) < 4.78 is 5.03. The highest BCUT2D eigenvalue weighted by Crippen LogP contribution is 2.19. The first-order valence-corrected chi connectivity index (χ1v) is 7.03. The molecule has 21 heavy (non-hydrogen) atoms. The maximum absolute atomic E-state index is 12.1. The molecule has 2 heterocycles. The number of hydrogen-bond acceptors (Lipinski definition) is 6. The molecule has 116 valence electrons. The Morgan fingerprint density at radius 3 is 2.86 bits per heavy atom. The lowest BCUT2D eigenvalue weighted by Gasteiger charge is -2.20. The maximum Gasteiger partial charge on any atom is 0.326 e. The third-order valence-corrected chi connectivity index (χ3v) is 3.42. The molecule has 0 aliphatic carbocycles. The second kappa shape index (κ2) is 6.66. The van der Waals surface area contributed by atoms with Crippen LogP contribution in [0.4, 0.5) is 0 Å². The molecule has 0 unspecified atom stereocenters. The highest BCUT2D eigenvalue weighted by molar-refractivity contribution is 5.84. The molecule has 0 radical (unpaired) electrons. The number of likely N-dealkylation sites (tertiary alicyclic amines) is 1. The van der Waals surface area contributed by atoms with E-state index in [0.717, 1.165) is 12.8 Å². The summed E-state index contributed by atoms with van der Waals surface area (Å²) in [7, 11) is 0. The van der Waals surface area contributed by atoms with Crippen LogP contribution >= 0.6 is 0 Å². The van der Waals surface area contributed by atoms with E-state index >= 15 is 0 Å². The standard InChI is InChI=1S/C13H19N3O5/c1-2-3-10-14-11(21-15-10)4-5-12(18)16-7-8(17)6-9(16)13(19)20/h8-9,17H,2-7H2,1H3,(H,19,20)/t8-,9+/m1/s1. The zero-order valence-corrected chi connectivity index (χ0v) is 11.9. The fourth-order valence-electron chi connectivity index (χ4n) is 2.40. The van der Waals surface area contributed by atoms with Gasteiger partial charge in [0.05, 0.1) is 6.10 Å². The lowest BCUT2D eigenvalue weighted by atomic mass is 10.2. The fraction of sp³-hybridized carbons (Fsp3) is 0.692. The number of β-amino-alcohol motifs (C(OH)–C–C–N with tert-alkyl or cyclic N) is 1. The molecule has 1 aliphatic rings. The number of nitrogens with zero attached hydrogens (tertiary/aromatic N) is 3. The molecule has 1 aromatic rings. The number of carboxylic acids is 1. The fourth-order valence-corrected chi connectivity index (χ4v) is 2.40. The van der Waals surface area contributed by atoms with Gasteiger partial charge in [-0.3, -0.25) is 4.79 Å². The molecule has 1 aromatic heterocycles. The van der Waals surface area contributed by atoms with Crippen LogP contribution in [0.25, 0.3) is 0 Å². The van der Waals surface area contributed by atoms with Gasteiger partial charge < -0.3 is 19.6 Å². The third kappa shape index (κ3) is 3.78. The van der Waals surface area contributed by atoms with Crippen LogP contribution in [0.15, 0.2) is 4.52 Å². The Bertz CT molecular complexity index is 516. The summed E-state index contributed by atoms with van der Waals surface area (Å²) in [5.41, 5.74) is 0. The minimum absolute atomic E-state index is 0.0563. The minimum atomic E-state index is -1.09. The highest BCUT2D eigenvalue weighted by atomic mass is 16.5. The first-order valence-electron chi connectivity index (χ1n) is 7.03. The SMILES string of the molecule is CCCc1noc(CCC(=O)N2C[C@H](O)C[C@H]2C(=O)O)n1. The number of aromatic nitrogens is 2. The zero-order valence-electron chi connectivity index (χ0n) is 11.9. The van der Waals surface area contributed by atoms with Crippen LogP contribution in [0.5, 0.6) is 0 Å². The van der Waals surface area contributed by atoms with Crippen LogP contribution in [0.1, 0.15) is 37.9 Å². The van der Waals surface area contributed by atoms with Crippen molar-refractivity contribution in [2.45, 2.75) is 51.2 Å². The molecule has 2 rings (SSSR count). The summed E-state index contributed by atoms with van der Waals surface area (Å²) in [6.07, 6.45) is 1.27. The van der Waals surface area contributed by atoms with E-state index in [1.807, 2.05) is 6.92 Å². The van der Waals surface area contributed by atoms with Crippen LogP contribution in [0.3, 0.4) is 0 Å². The predicted molar refractivity (Wildman–Crippen MR) is 70.4 cm³/mol. The lowest BCUT2D eigenvalue weighted by Crippen LogP contribution is -2.40. The van der Waals surface area contributed by atoms with E-state index in [-0.39, 0.29) is 31.7 Å². The van der Waals surface area contributed by atoms with Gasteiger partial charge in [-0.05, 0) is 6.42 Å². The highest BCUT2D eigenvalue weighted by Gasteiger charge is 2.38. The molecule has 1 fully saturated rings. The molecule has 1 saturated heterocycles. The Kier molecular flexibility index (Phi) is 4.89. The maximum atomic E-state index is 12.1. The van der Waals surface area contributed by atoms with Crippen LogP contribution in [0.2, 0.25) is 0 Å². The second-order valence-corrected chi connectivity index (χ2v) is 5.14. The number of carbonyl (C=O) groups is 2. The number of aliphatic carboxylic acids is 1. The zero-order chi connectivity index (χ0) is 15.4. The lowest BCUT2D eigenvalue weighted by molar-refractivity contribution is -0.148. The summed E-state index contributed by atoms with van der Waals surface area (Å²) in [5.74, 6) is -0.435. The largest absolute Gasteiger partial charge is 0.480 e. The van der Waals surface area contributed by atoms with E-state index < -0.39 is 18.1 Å². The summed E-state index contributed by atoms with van der Waals surface area (Å²) in [5, 5.41) is 22.4. The number of aryl methyl sites for hydroxylation is 2. The van der Waals surface area contributed by atoms with Crippen LogP contribution in [0, 0.1) is 0 Å². The van der Waals surface area contributed by atoms with Crippen molar-refractivity contribution in [3.8, 4) is 0 Å². The van der Waals surface area contributed by atoms with E-state index in [9.17, 15) is 14.7 Å².